The predicted octanol–water partition coefficient (Wildman–Crippen LogP) is 3.52. The Morgan fingerprint density at radius 3 is 2.58 bits per heavy atom. The number of hydrogen-bond donors (Lipinski definition) is 2. The number of ether oxygens (including phenoxy) is 1. The molecule has 8 nitrogen and oxygen atoms in total. The van der Waals surface area contributed by atoms with Crippen molar-refractivity contribution in [3.63, 3.8) is 0 Å². The lowest BCUT2D eigenvalue weighted by Gasteiger charge is -2.29. The van der Waals surface area contributed by atoms with Crippen molar-refractivity contribution < 1.29 is 23.9 Å². The summed E-state index contributed by atoms with van der Waals surface area (Å²) in [5, 5.41) is 5.87. The molecule has 0 bridgehead atoms. The topological polar surface area (TPSA) is 105 Å². The fourth-order valence-corrected chi connectivity index (χ4v) is 5.48. The first kappa shape index (κ1) is 24.2. The molecule has 3 aliphatic heterocycles. The fourth-order valence-electron chi connectivity index (χ4n) is 5.48. The number of amides is 3. The van der Waals surface area contributed by atoms with Crippen molar-refractivity contribution in [2.24, 2.45) is 0 Å². The second-order valence-corrected chi connectivity index (χ2v) is 9.70. The summed E-state index contributed by atoms with van der Waals surface area (Å²) < 4.78 is 5.74. The number of fused-ring (bicyclic) bond motifs is 2. The van der Waals surface area contributed by atoms with Gasteiger partial charge in [-0.1, -0.05) is 50.5 Å². The lowest BCUT2D eigenvalue weighted by Crippen LogP contribution is -2.52. The number of benzene rings is 2. The van der Waals surface area contributed by atoms with Crippen LogP contribution in [-0.4, -0.2) is 34.6 Å². The minimum atomic E-state index is -0.650. The summed E-state index contributed by atoms with van der Waals surface area (Å²) in [5.41, 5.74) is 4.41. The highest BCUT2D eigenvalue weighted by Crippen LogP contribution is 2.40. The minimum absolute atomic E-state index is 0.160. The predicted molar refractivity (Wildman–Crippen MR) is 132 cm³/mol. The van der Waals surface area contributed by atoms with E-state index >= 15 is 0 Å². The Hall–Kier alpha value is -3.52. The number of rotatable bonds is 8. The van der Waals surface area contributed by atoms with Gasteiger partial charge in [0.05, 0.1) is 6.04 Å². The minimum Gasteiger partial charge on any atom is -0.426 e. The molecule has 0 spiro atoms. The van der Waals surface area contributed by atoms with Gasteiger partial charge in [-0.2, -0.15) is 0 Å². The van der Waals surface area contributed by atoms with E-state index in [9.17, 15) is 19.2 Å². The second-order valence-electron chi connectivity index (χ2n) is 9.70. The molecular weight excluding hydrogens is 458 g/mol. The Morgan fingerprint density at radius 1 is 1.03 bits per heavy atom. The van der Waals surface area contributed by atoms with Gasteiger partial charge in [-0.3, -0.25) is 24.5 Å². The summed E-state index contributed by atoms with van der Waals surface area (Å²) in [6.07, 6.45) is 5.05. The van der Waals surface area contributed by atoms with E-state index in [2.05, 4.69) is 17.6 Å². The first-order valence-corrected chi connectivity index (χ1v) is 12.8. The number of imide groups is 1. The van der Waals surface area contributed by atoms with Gasteiger partial charge in [-0.25, -0.2) is 0 Å². The summed E-state index contributed by atoms with van der Waals surface area (Å²) in [6, 6.07) is 10.6. The van der Waals surface area contributed by atoms with Gasteiger partial charge in [0.25, 0.3) is 5.91 Å². The molecule has 0 aliphatic carbocycles. The van der Waals surface area contributed by atoms with Crippen LogP contribution in [0.25, 0.3) is 0 Å². The Balaban J connectivity index is 1.36. The van der Waals surface area contributed by atoms with Crippen LogP contribution in [0.15, 0.2) is 36.4 Å². The largest absolute Gasteiger partial charge is 0.426 e. The van der Waals surface area contributed by atoms with Gasteiger partial charge in [0.15, 0.2) is 0 Å². The van der Waals surface area contributed by atoms with E-state index in [0.29, 0.717) is 37.2 Å². The van der Waals surface area contributed by atoms with Crippen molar-refractivity contribution >= 4 is 23.7 Å². The van der Waals surface area contributed by atoms with E-state index in [1.165, 1.54) is 0 Å². The number of unbranched alkanes of at least 4 members (excludes halogenated alkanes) is 3. The Morgan fingerprint density at radius 2 is 1.81 bits per heavy atom. The zero-order chi connectivity index (χ0) is 25.2. The molecule has 0 aromatic heterocycles. The Labute approximate surface area is 210 Å². The number of esters is 1. The highest BCUT2D eigenvalue weighted by molar-refractivity contribution is 6.05. The monoisotopic (exact) mass is 489 g/mol. The summed E-state index contributed by atoms with van der Waals surface area (Å²) in [6.45, 7) is 3.00. The first-order chi connectivity index (χ1) is 17.5. The van der Waals surface area contributed by atoms with Gasteiger partial charge >= 0.3 is 5.97 Å². The van der Waals surface area contributed by atoms with E-state index in [1.807, 2.05) is 30.3 Å². The average Bonchev–Trinajstić information content (AvgIpc) is 3.44. The third-order valence-electron chi connectivity index (χ3n) is 7.35. The van der Waals surface area contributed by atoms with Gasteiger partial charge in [-0.05, 0) is 41.7 Å². The molecule has 3 amide bonds. The number of hydrogen-bond acceptors (Lipinski definition) is 6. The summed E-state index contributed by atoms with van der Waals surface area (Å²) in [5.74, 6) is -0.541. The van der Waals surface area contributed by atoms with E-state index in [4.69, 9.17) is 4.74 Å². The van der Waals surface area contributed by atoms with Crippen LogP contribution in [0.2, 0.25) is 0 Å². The van der Waals surface area contributed by atoms with Crippen LogP contribution in [0.3, 0.4) is 0 Å². The third-order valence-corrected chi connectivity index (χ3v) is 7.35. The molecular formula is C28H31N3O5. The smallest absolute Gasteiger partial charge is 0.311 e. The van der Waals surface area contributed by atoms with Gasteiger partial charge in [0.2, 0.25) is 11.8 Å². The van der Waals surface area contributed by atoms with Gasteiger partial charge in [0, 0.05) is 37.1 Å². The Kier molecular flexibility index (Phi) is 6.87. The van der Waals surface area contributed by atoms with Crippen LogP contribution in [0.1, 0.15) is 90.5 Å². The fraction of sp³-hybridized carbons (Fsp3) is 0.429. The average molecular weight is 490 g/mol. The first-order valence-electron chi connectivity index (χ1n) is 12.8. The summed E-state index contributed by atoms with van der Waals surface area (Å²) in [7, 11) is 0. The van der Waals surface area contributed by atoms with Crippen LogP contribution in [0, 0.1) is 0 Å². The summed E-state index contributed by atoms with van der Waals surface area (Å²) in [4.78, 5) is 51.2. The van der Waals surface area contributed by atoms with Crippen molar-refractivity contribution in [3.05, 3.63) is 64.2 Å². The molecule has 0 radical (unpaired) electrons. The van der Waals surface area contributed by atoms with E-state index in [1.54, 1.807) is 11.0 Å². The maximum absolute atomic E-state index is 13.2. The summed E-state index contributed by atoms with van der Waals surface area (Å²) >= 11 is 0. The van der Waals surface area contributed by atoms with Gasteiger partial charge in [-0.15, -0.1) is 0 Å². The molecule has 3 aliphatic rings. The van der Waals surface area contributed by atoms with Crippen LogP contribution in [0.5, 0.6) is 5.75 Å². The van der Waals surface area contributed by atoms with Crippen molar-refractivity contribution in [2.75, 3.05) is 0 Å². The number of piperidine rings is 1. The molecule has 5 rings (SSSR count). The maximum Gasteiger partial charge on any atom is 0.311 e. The molecule has 1 saturated heterocycles. The molecule has 8 heteroatoms. The molecule has 2 N–H and O–H groups in total. The highest BCUT2D eigenvalue weighted by Gasteiger charge is 2.41. The molecule has 188 valence electrons. The number of nitrogens with zero attached hydrogens (tertiary/aromatic N) is 1. The molecule has 2 aromatic carbocycles. The second kappa shape index (κ2) is 10.2. The lowest BCUT2D eigenvalue weighted by atomic mass is 9.92. The number of carbonyl (C=O) groups excluding carboxylic acids is 4. The molecule has 1 fully saturated rings. The maximum atomic E-state index is 13.2. The van der Waals surface area contributed by atoms with Crippen LogP contribution in [0.4, 0.5) is 0 Å². The Bertz CT molecular complexity index is 1220. The zero-order valence-electron chi connectivity index (χ0n) is 20.5. The SMILES string of the molecule is CCCCCCC(=O)Oc1cccc2c1CNC2c1cccc2c1CN(C1CCC(=O)NC1=O)C2=O. The van der Waals surface area contributed by atoms with Crippen molar-refractivity contribution in [1.82, 2.24) is 15.5 Å². The lowest BCUT2D eigenvalue weighted by molar-refractivity contribution is -0.137. The normalized spacial score (nSPS) is 20.8. The number of nitrogens with one attached hydrogen (secondary N) is 2. The van der Waals surface area contributed by atoms with Crippen LogP contribution < -0.4 is 15.4 Å². The van der Waals surface area contributed by atoms with Gasteiger partial charge < -0.3 is 15.0 Å². The third kappa shape index (κ3) is 4.53. The van der Waals surface area contributed by atoms with Crippen molar-refractivity contribution in [1.29, 1.82) is 0 Å². The van der Waals surface area contributed by atoms with E-state index in [-0.39, 0.29) is 30.2 Å². The molecule has 2 unspecified atom stereocenters. The van der Waals surface area contributed by atoms with Crippen molar-refractivity contribution in [2.45, 2.75) is 77.0 Å². The standard InChI is InChI=1S/C28H31N3O5/c1-2-3-4-5-12-25(33)36-23-11-7-9-17-20(23)15-29-26(17)18-8-6-10-19-21(18)16-31(28(19)35)22-13-14-24(32)30-27(22)34/h6-11,22,26,29H,2-5,12-16H2,1H3,(H,30,32,34). The van der Waals surface area contributed by atoms with Gasteiger partial charge in [0.1, 0.15) is 11.8 Å². The number of carbonyl (C=O) groups is 4. The van der Waals surface area contributed by atoms with E-state index < -0.39 is 11.9 Å². The molecule has 2 aromatic rings. The van der Waals surface area contributed by atoms with Crippen LogP contribution in [-0.2, 0) is 27.5 Å². The molecule has 2 atom stereocenters. The van der Waals surface area contributed by atoms with E-state index in [0.717, 1.165) is 47.9 Å². The van der Waals surface area contributed by atoms with Crippen LogP contribution >= 0.6 is 0 Å². The molecule has 3 heterocycles. The molecule has 36 heavy (non-hydrogen) atoms. The molecule has 0 saturated carbocycles. The quantitative estimate of drug-likeness (QED) is 0.255. The van der Waals surface area contributed by atoms with Crippen molar-refractivity contribution in [3.8, 4) is 5.75 Å². The zero-order valence-corrected chi connectivity index (χ0v) is 20.5. The highest BCUT2D eigenvalue weighted by atomic mass is 16.5.